The van der Waals surface area contributed by atoms with Crippen molar-refractivity contribution < 1.29 is 14.3 Å². The third-order valence-electron chi connectivity index (χ3n) is 4.19. The molecule has 25 heavy (non-hydrogen) atoms. The van der Waals surface area contributed by atoms with Gasteiger partial charge in [-0.1, -0.05) is 17.7 Å². The van der Waals surface area contributed by atoms with Gasteiger partial charge in [-0.15, -0.1) is 0 Å². The molecule has 0 spiro atoms. The number of nitrogens with zero attached hydrogens (tertiary/aromatic N) is 2. The highest BCUT2D eigenvalue weighted by molar-refractivity contribution is 6.30. The van der Waals surface area contributed by atoms with Crippen LogP contribution in [0, 0.1) is 12.8 Å². The Kier molecular flexibility index (Phi) is 5.94. The van der Waals surface area contributed by atoms with Crippen LogP contribution in [0.2, 0.25) is 5.02 Å². The summed E-state index contributed by atoms with van der Waals surface area (Å²) in [4.78, 5) is 12.1. The van der Waals surface area contributed by atoms with Gasteiger partial charge in [0.2, 0.25) is 5.91 Å². The molecule has 2 heterocycles. The van der Waals surface area contributed by atoms with E-state index in [0.717, 1.165) is 37.4 Å². The van der Waals surface area contributed by atoms with E-state index in [9.17, 15) is 4.79 Å². The zero-order valence-corrected chi connectivity index (χ0v) is 15.0. The Bertz CT molecular complexity index is 726. The van der Waals surface area contributed by atoms with Gasteiger partial charge in [-0.25, -0.2) is 0 Å². The summed E-state index contributed by atoms with van der Waals surface area (Å²) in [6.07, 6.45) is 5.17. The zero-order chi connectivity index (χ0) is 17.6. The van der Waals surface area contributed by atoms with E-state index in [4.69, 9.17) is 21.1 Å². The Morgan fingerprint density at radius 2 is 2.24 bits per heavy atom. The Morgan fingerprint density at radius 3 is 2.96 bits per heavy atom. The number of aryl methyl sites for hydroxylation is 1. The molecular formula is C18H22ClN3O3. The molecular weight excluding hydrogens is 342 g/mol. The Morgan fingerprint density at radius 1 is 1.44 bits per heavy atom. The Hall–Kier alpha value is -2.05. The van der Waals surface area contributed by atoms with Crippen molar-refractivity contribution in [3.8, 4) is 5.75 Å². The Balaban J connectivity index is 1.57. The van der Waals surface area contributed by atoms with Crippen LogP contribution in [0.3, 0.4) is 0 Å². The maximum atomic E-state index is 12.1. The number of rotatable bonds is 6. The number of nitrogens with one attached hydrogen (secondary N) is 1. The fourth-order valence-electron chi connectivity index (χ4n) is 2.73. The second-order valence-electron chi connectivity index (χ2n) is 6.25. The molecule has 0 atom stereocenters. The van der Waals surface area contributed by atoms with Crippen molar-refractivity contribution in [1.82, 2.24) is 9.78 Å². The lowest BCUT2D eigenvalue weighted by Crippen LogP contribution is -2.22. The molecule has 1 aromatic carbocycles. The molecule has 3 rings (SSSR count). The second-order valence-corrected chi connectivity index (χ2v) is 6.69. The van der Waals surface area contributed by atoms with Gasteiger partial charge in [-0.3, -0.25) is 9.48 Å². The highest BCUT2D eigenvalue weighted by atomic mass is 35.5. The third kappa shape index (κ3) is 5.21. The number of benzene rings is 1. The summed E-state index contributed by atoms with van der Waals surface area (Å²) in [5, 5.41) is 7.37. The van der Waals surface area contributed by atoms with Crippen molar-refractivity contribution in [3.05, 3.63) is 41.2 Å². The molecule has 0 bridgehead atoms. The minimum absolute atomic E-state index is 0.110. The molecule has 1 saturated heterocycles. The van der Waals surface area contributed by atoms with Gasteiger partial charge in [0, 0.05) is 31.2 Å². The topological polar surface area (TPSA) is 65.4 Å². The molecule has 1 N–H and O–H groups in total. The van der Waals surface area contributed by atoms with Gasteiger partial charge in [-0.05, 0) is 37.3 Å². The molecule has 2 aromatic rings. The number of hydrogen-bond acceptors (Lipinski definition) is 4. The first-order valence-electron chi connectivity index (χ1n) is 8.39. The molecule has 1 amide bonds. The van der Waals surface area contributed by atoms with Crippen molar-refractivity contribution in [2.75, 3.05) is 25.1 Å². The highest BCUT2D eigenvalue weighted by Gasteiger charge is 2.15. The van der Waals surface area contributed by atoms with E-state index < -0.39 is 0 Å². The first kappa shape index (κ1) is 17.8. The van der Waals surface area contributed by atoms with E-state index >= 15 is 0 Å². The molecule has 0 saturated carbocycles. The molecule has 134 valence electrons. The van der Waals surface area contributed by atoms with Crippen molar-refractivity contribution in [2.24, 2.45) is 5.92 Å². The third-order valence-corrected chi connectivity index (χ3v) is 4.39. The van der Waals surface area contributed by atoms with Crippen LogP contribution in [0.4, 0.5) is 5.69 Å². The van der Waals surface area contributed by atoms with Crippen molar-refractivity contribution in [1.29, 1.82) is 0 Å². The summed E-state index contributed by atoms with van der Waals surface area (Å²) in [6, 6.07) is 5.67. The molecule has 1 aliphatic rings. The molecule has 0 unspecified atom stereocenters. The lowest BCUT2D eigenvalue weighted by molar-refractivity contribution is -0.116. The van der Waals surface area contributed by atoms with E-state index in [-0.39, 0.29) is 12.5 Å². The summed E-state index contributed by atoms with van der Waals surface area (Å²) in [5.74, 6) is 1.15. The van der Waals surface area contributed by atoms with Crippen LogP contribution in [0.15, 0.2) is 30.6 Å². The van der Waals surface area contributed by atoms with Gasteiger partial charge >= 0.3 is 0 Å². The quantitative estimate of drug-likeness (QED) is 0.855. The Labute approximate surface area is 152 Å². The summed E-state index contributed by atoms with van der Waals surface area (Å²) < 4.78 is 12.8. The molecule has 1 aromatic heterocycles. The summed E-state index contributed by atoms with van der Waals surface area (Å²) in [5.41, 5.74) is 1.75. The molecule has 0 radical (unpaired) electrons. The number of carbonyl (C=O) groups excluding carboxylic acids is 1. The number of aromatic nitrogens is 2. The number of hydrogen-bond donors (Lipinski definition) is 1. The summed E-state index contributed by atoms with van der Waals surface area (Å²) >= 11 is 5.80. The van der Waals surface area contributed by atoms with Crippen molar-refractivity contribution in [2.45, 2.75) is 26.3 Å². The molecule has 0 aliphatic carbocycles. The van der Waals surface area contributed by atoms with Crippen LogP contribution < -0.4 is 10.1 Å². The van der Waals surface area contributed by atoms with Gasteiger partial charge in [-0.2, -0.15) is 5.10 Å². The van der Waals surface area contributed by atoms with Gasteiger partial charge in [0.25, 0.3) is 0 Å². The molecule has 1 fully saturated rings. The van der Waals surface area contributed by atoms with Crippen LogP contribution in [-0.2, 0) is 16.1 Å². The second kappa shape index (κ2) is 8.36. The monoisotopic (exact) mass is 363 g/mol. The first-order valence-corrected chi connectivity index (χ1v) is 8.77. The predicted molar refractivity (Wildman–Crippen MR) is 96.1 cm³/mol. The number of amides is 1. The van der Waals surface area contributed by atoms with Crippen molar-refractivity contribution in [3.63, 3.8) is 0 Å². The summed E-state index contributed by atoms with van der Waals surface area (Å²) in [7, 11) is 0. The number of ether oxygens (including phenoxy) is 2. The van der Waals surface area contributed by atoms with Crippen LogP contribution in [0.25, 0.3) is 0 Å². The number of anilines is 1. The van der Waals surface area contributed by atoms with Gasteiger partial charge in [0.05, 0.1) is 17.8 Å². The van der Waals surface area contributed by atoms with Crippen LogP contribution in [0.5, 0.6) is 5.75 Å². The maximum Gasteiger partial charge on any atom is 0.246 e. The van der Waals surface area contributed by atoms with Crippen LogP contribution in [-0.4, -0.2) is 35.5 Å². The SMILES string of the molecule is Cc1ccc(NC(=O)Cn2cc(Cl)cn2)cc1OCC1CCOCC1. The average Bonchev–Trinajstić information content (AvgIpc) is 3.01. The first-order chi connectivity index (χ1) is 12.1. The molecule has 1 aliphatic heterocycles. The van der Waals surface area contributed by atoms with Crippen LogP contribution >= 0.6 is 11.6 Å². The highest BCUT2D eigenvalue weighted by Crippen LogP contribution is 2.25. The van der Waals surface area contributed by atoms with Gasteiger partial charge < -0.3 is 14.8 Å². The zero-order valence-electron chi connectivity index (χ0n) is 14.2. The minimum Gasteiger partial charge on any atom is -0.493 e. The van der Waals surface area contributed by atoms with E-state index in [0.29, 0.717) is 23.2 Å². The fourth-order valence-corrected chi connectivity index (χ4v) is 2.88. The van der Waals surface area contributed by atoms with E-state index in [1.165, 1.54) is 10.9 Å². The standard InChI is InChI=1S/C18H22ClN3O3/c1-13-2-3-16(21-18(23)11-22-10-15(19)9-20-22)8-17(13)25-12-14-4-6-24-7-5-14/h2-3,8-10,14H,4-7,11-12H2,1H3,(H,21,23). The largest absolute Gasteiger partial charge is 0.493 e. The minimum atomic E-state index is -0.168. The fraction of sp³-hybridized carbons (Fsp3) is 0.444. The van der Waals surface area contributed by atoms with Gasteiger partial charge in [0.15, 0.2) is 0 Å². The predicted octanol–water partition coefficient (Wildman–Crippen LogP) is 3.29. The van der Waals surface area contributed by atoms with E-state index in [1.54, 1.807) is 6.20 Å². The maximum absolute atomic E-state index is 12.1. The average molecular weight is 364 g/mol. The molecule has 7 heteroatoms. The lowest BCUT2D eigenvalue weighted by Gasteiger charge is -2.22. The van der Waals surface area contributed by atoms with E-state index in [2.05, 4.69) is 10.4 Å². The van der Waals surface area contributed by atoms with Crippen molar-refractivity contribution >= 4 is 23.2 Å². The van der Waals surface area contributed by atoms with Gasteiger partial charge in [0.1, 0.15) is 12.3 Å². The molecule has 6 nitrogen and oxygen atoms in total. The number of carbonyl (C=O) groups is 1. The smallest absolute Gasteiger partial charge is 0.246 e. The van der Waals surface area contributed by atoms with E-state index in [1.807, 2.05) is 25.1 Å². The summed E-state index contributed by atoms with van der Waals surface area (Å²) in [6.45, 7) is 4.39. The van der Waals surface area contributed by atoms with Crippen LogP contribution in [0.1, 0.15) is 18.4 Å². The lowest BCUT2D eigenvalue weighted by atomic mass is 10.0. The number of halogens is 1. The normalized spacial score (nSPS) is 15.1.